The number of hydrogen-bond acceptors (Lipinski definition) is 6. The van der Waals surface area contributed by atoms with Crippen molar-refractivity contribution in [3.63, 3.8) is 0 Å². The van der Waals surface area contributed by atoms with E-state index in [0.717, 1.165) is 15.1 Å². The molecule has 0 bridgehead atoms. The van der Waals surface area contributed by atoms with Gasteiger partial charge in [-0.05, 0) is 53.0 Å². The van der Waals surface area contributed by atoms with Gasteiger partial charge in [-0.2, -0.15) is 4.31 Å². The Morgan fingerprint density at radius 3 is 2.59 bits per heavy atom. The van der Waals surface area contributed by atoms with Crippen molar-refractivity contribution >= 4 is 48.9 Å². The molecule has 0 aliphatic carbocycles. The van der Waals surface area contributed by atoms with E-state index in [9.17, 15) is 13.2 Å². The zero-order valence-corrected chi connectivity index (χ0v) is 18.0. The van der Waals surface area contributed by atoms with Crippen LogP contribution in [0.5, 0.6) is 11.5 Å². The first-order chi connectivity index (χ1) is 12.9. The van der Waals surface area contributed by atoms with E-state index >= 15 is 0 Å². The van der Waals surface area contributed by atoms with Crippen LogP contribution in [-0.2, 0) is 14.8 Å². The van der Waals surface area contributed by atoms with Gasteiger partial charge in [0.15, 0.2) is 11.5 Å². The van der Waals surface area contributed by atoms with Crippen molar-refractivity contribution in [2.75, 3.05) is 26.1 Å². The van der Waals surface area contributed by atoms with Crippen molar-refractivity contribution < 1.29 is 22.7 Å². The molecule has 1 unspecified atom stereocenters. The predicted octanol–water partition coefficient (Wildman–Crippen LogP) is 3.32. The first-order valence-corrected chi connectivity index (χ1v) is 11.2. The molecule has 3 rings (SSSR count). The normalized spacial score (nSPS) is 17.7. The Morgan fingerprint density at radius 2 is 1.96 bits per heavy atom. The highest BCUT2D eigenvalue weighted by Gasteiger charge is 2.40. The number of halogens is 1. The smallest absolute Gasteiger partial charge is 0.253 e. The average Bonchev–Trinajstić information content (AvgIpc) is 3.31. The van der Waals surface area contributed by atoms with E-state index in [4.69, 9.17) is 9.47 Å². The fourth-order valence-corrected chi connectivity index (χ4v) is 6.78. The maximum atomic E-state index is 12.9. The molecule has 10 heteroatoms. The summed E-state index contributed by atoms with van der Waals surface area (Å²) in [4.78, 5) is 12.8. The monoisotopic (exact) mass is 474 g/mol. The summed E-state index contributed by atoms with van der Waals surface area (Å²) in [6.07, 6.45) is 1.11. The number of sulfonamides is 1. The van der Waals surface area contributed by atoms with Crippen LogP contribution >= 0.6 is 27.3 Å². The lowest BCUT2D eigenvalue weighted by molar-refractivity contribution is -0.119. The third kappa shape index (κ3) is 4.13. The van der Waals surface area contributed by atoms with Gasteiger partial charge in [0, 0.05) is 18.3 Å². The summed E-state index contributed by atoms with van der Waals surface area (Å²) in [7, 11) is -0.676. The topological polar surface area (TPSA) is 84.9 Å². The maximum Gasteiger partial charge on any atom is 0.253 e. The van der Waals surface area contributed by atoms with Gasteiger partial charge in [0.2, 0.25) is 5.91 Å². The largest absolute Gasteiger partial charge is 0.493 e. The van der Waals surface area contributed by atoms with Crippen LogP contribution < -0.4 is 14.8 Å². The van der Waals surface area contributed by atoms with E-state index in [1.165, 1.54) is 18.5 Å². The molecule has 1 aromatic heterocycles. The number of carbonyl (C=O) groups excluding carboxylic acids is 1. The van der Waals surface area contributed by atoms with Crippen LogP contribution in [0.1, 0.15) is 12.8 Å². The number of thiophene rings is 1. The minimum absolute atomic E-state index is 0.222. The highest BCUT2D eigenvalue weighted by Crippen LogP contribution is 2.33. The summed E-state index contributed by atoms with van der Waals surface area (Å²) < 4.78 is 38.4. The predicted molar refractivity (Wildman–Crippen MR) is 107 cm³/mol. The van der Waals surface area contributed by atoms with Crippen LogP contribution in [-0.4, -0.2) is 45.4 Å². The zero-order valence-electron chi connectivity index (χ0n) is 14.8. The fourth-order valence-electron chi connectivity index (χ4n) is 2.98. The Bertz CT molecular complexity index is 945. The van der Waals surface area contributed by atoms with Crippen LogP contribution in [0, 0.1) is 0 Å². The molecule has 146 valence electrons. The van der Waals surface area contributed by atoms with Crippen LogP contribution in [0.15, 0.2) is 38.3 Å². The summed E-state index contributed by atoms with van der Waals surface area (Å²) in [5, 5.41) is 2.78. The van der Waals surface area contributed by atoms with Gasteiger partial charge < -0.3 is 14.8 Å². The molecule has 1 saturated heterocycles. The molecule has 1 aliphatic heterocycles. The molecule has 0 spiro atoms. The second-order valence-electron chi connectivity index (χ2n) is 5.89. The van der Waals surface area contributed by atoms with Crippen LogP contribution in [0.3, 0.4) is 0 Å². The Labute approximate surface area is 170 Å². The molecule has 7 nitrogen and oxygen atoms in total. The van der Waals surface area contributed by atoms with Gasteiger partial charge in [0.25, 0.3) is 10.0 Å². The second-order valence-corrected chi connectivity index (χ2v) is 10.5. The molecule has 1 aromatic carbocycles. The molecule has 1 fully saturated rings. The minimum Gasteiger partial charge on any atom is -0.493 e. The van der Waals surface area contributed by atoms with Gasteiger partial charge in [0.05, 0.1) is 18.0 Å². The molecule has 2 aromatic rings. The van der Waals surface area contributed by atoms with Crippen molar-refractivity contribution in [3.8, 4) is 11.5 Å². The molecule has 2 heterocycles. The number of amides is 1. The van der Waals surface area contributed by atoms with Gasteiger partial charge in [-0.1, -0.05) is 0 Å². The van der Waals surface area contributed by atoms with Crippen LogP contribution in [0.25, 0.3) is 0 Å². The van der Waals surface area contributed by atoms with Crippen molar-refractivity contribution in [2.45, 2.75) is 23.1 Å². The Balaban J connectivity index is 1.80. The second kappa shape index (κ2) is 8.17. The number of rotatable bonds is 6. The molecular formula is C17H19BrN2O5S2. The maximum absolute atomic E-state index is 12.9. The molecule has 0 saturated carbocycles. The lowest BCUT2D eigenvalue weighted by atomic mass is 10.2. The summed E-state index contributed by atoms with van der Waals surface area (Å²) in [6, 6.07) is 7.49. The first kappa shape index (κ1) is 20.1. The molecule has 1 amide bonds. The third-order valence-corrected chi connectivity index (χ3v) is 8.27. The number of ether oxygens (including phenoxy) is 2. The van der Waals surface area contributed by atoms with Gasteiger partial charge in [-0.3, -0.25) is 4.79 Å². The number of benzene rings is 1. The number of nitrogens with one attached hydrogen (secondary N) is 1. The quantitative estimate of drug-likeness (QED) is 0.693. The number of methoxy groups -OCH3 is 2. The van der Waals surface area contributed by atoms with Crippen molar-refractivity contribution in [1.82, 2.24) is 4.31 Å². The third-order valence-electron chi connectivity index (χ3n) is 4.27. The van der Waals surface area contributed by atoms with Gasteiger partial charge >= 0.3 is 0 Å². The fraction of sp³-hybridized carbons (Fsp3) is 0.353. The summed E-state index contributed by atoms with van der Waals surface area (Å²) in [6.45, 7) is 0.321. The zero-order chi connectivity index (χ0) is 19.6. The molecule has 1 atom stereocenters. The summed E-state index contributed by atoms with van der Waals surface area (Å²) in [5.74, 6) is 0.664. The molecule has 1 N–H and O–H groups in total. The summed E-state index contributed by atoms with van der Waals surface area (Å²) in [5.41, 5.74) is 0.515. The van der Waals surface area contributed by atoms with Crippen LogP contribution in [0.4, 0.5) is 5.69 Å². The van der Waals surface area contributed by atoms with E-state index in [-0.39, 0.29) is 10.1 Å². The molecular weight excluding hydrogens is 456 g/mol. The molecule has 0 radical (unpaired) electrons. The van der Waals surface area contributed by atoms with Gasteiger partial charge in [0.1, 0.15) is 10.3 Å². The summed E-state index contributed by atoms with van der Waals surface area (Å²) >= 11 is 4.41. The highest BCUT2D eigenvalue weighted by atomic mass is 79.9. The lowest BCUT2D eigenvalue weighted by Gasteiger charge is -2.22. The van der Waals surface area contributed by atoms with Crippen molar-refractivity contribution in [1.29, 1.82) is 0 Å². The van der Waals surface area contributed by atoms with E-state index in [1.807, 2.05) is 0 Å². The van der Waals surface area contributed by atoms with Crippen molar-refractivity contribution in [3.05, 3.63) is 34.1 Å². The first-order valence-electron chi connectivity index (χ1n) is 8.17. The molecule has 27 heavy (non-hydrogen) atoms. The Hall–Kier alpha value is -1.62. The van der Waals surface area contributed by atoms with Gasteiger partial charge in [-0.15, -0.1) is 11.3 Å². The standard InChI is InChI=1S/C17H19BrN2O5S2/c1-24-13-6-5-11(10-14(13)25-2)19-17(21)12-4-3-9-20(12)27(22,23)16-8-7-15(18)26-16/h5-8,10,12H,3-4,9H2,1-2H3,(H,19,21). The van der Waals surface area contributed by atoms with Crippen LogP contribution in [0.2, 0.25) is 0 Å². The SMILES string of the molecule is COc1ccc(NC(=O)C2CCCN2S(=O)(=O)c2ccc(Br)s2)cc1OC. The number of nitrogens with zero attached hydrogens (tertiary/aromatic N) is 1. The number of carbonyl (C=O) groups is 1. The van der Waals surface area contributed by atoms with E-state index < -0.39 is 16.1 Å². The lowest BCUT2D eigenvalue weighted by Crippen LogP contribution is -2.42. The average molecular weight is 475 g/mol. The molecule has 1 aliphatic rings. The Morgan fingerprint density at radius 1 is 1.22 bits per heavy atom. The minimum atomic E-state index is -3.71. The van der Waals surface area contributed by atoms with Crippen molar-refractivity contribution in [2.24, 2.45) is 0 Å². The number of hydrogen-bond donors (Lipinski definition) is 1. The Kier molecular flexibility index (Phi) is 6.09. The number of anilines is 1. The van der Waals surface area contributed by atoms with E-state index in [1.54, 1.807) is 30.3 Å². The van der Waals surface area contributed by atoms with Gasteiger partial charge in [-0.25, -0.2) is 8.42 Å². The highest BCUT2D eigenvalue weighted by molar-refractivity contribution is 9.11. The van der Waals surface area contributed by atoms with E-state index in [0.29, 0.717) is 36.6 Å². The van der Waals surface area contributed by atoms with E-state index in [2.05, 4.69) is 21.2 Å².